The monoisotopic (exact) mass is 304 g/mol. The highest BCUT2D eigenvalue weighted by atomic mass is 16.5. The van der Waals surface area contributed by atoms with Crippen LogP contribution in [0.25, 0.3) is 11.1 Å². The van der Waals surface area contributed by atoms with E-state index in [1.807, 2.05) is 85.8 Å². The second-order valence-electron chi connectivity index (χ2n) is 5.74. The summed E-state index contributed by atoms with van der Waals surface area (Å²) in [6.07, 6.45) is 0. The van der Waals surface area contributed by atoms with Crippen LogP contribution in [0.2, 0.25) is 0 Å². The van der Waals surface area contributed by atoms with Crippen molar-refractivity contribution in [2.24, 2.45) is 0 Å². The van der Waals surface area contributed by atoms with Crippen LogP contribution in [-0.4, -0.2) is 12.2 Å². The van der Waals surface area contributed by atoms with Gasteiger partial charge in [0.2, 0.25) is 0 Å². The molecule has 116 valence electrons. The average molecular weight is 304 g/mol. The van der Waals surface area contributed by atoms with Crippen molar-refractivity contribution in [1.29, 1.82) is 0 Å². The van der Waals surface area contributed by atoms with Crippen molar-refractivity contribution in [2.45, 2.75) is 12.5 Å². The molecule has 3 rings (SSSR count). The molecule has 1 N–H and O–H groups in total. The molecule has 23 heavy (non-hydrogen) atoms. The van der Waals surface area contributed by atoms with Gasteiger partial charge in [-0.3, -0.25) is 0 Å². The molecule has 0 radical (unpaired) electrons. The first kappa shape index (κ1) is 15.3. The number of hydrogen-bond acceptors (Lipinski definition) is 2. The maximum absolute atomic E-state index is 10.9. The van der Waals surface area contributed by atoms with E-state index in [1.54, 1.807) is 7.11 Å². The number of benzene rings is 3. The van der Waals surface area contributed by atoms with Crippen LogP contribution in [0, 0.1) is 0 Å². The summed E-state index contributed by atoms with van der Waals surface area (Å²) in [4.78, 5) is 0. The summed E-state index contributed by atoms with van der Waals surface area (Å²) in [5.41, 5.74) is 3.00. The first-order valence-corrected chi connectivity index (χ1v) is 7.64. The lowest BCUT2D eigenvalue weighted by Crippen LogP contribution is -2.22. The molecule has 0 amide bonds. The molecule has 2 nitrogen and oxygen atoms in total. The zero-order valence-electron chi connectivity index (χ0n) is 13.4. The van der Waals surface area contributed by atoms with Crippen molar-refractivity contribution in [3.05, 3.63) is 90.0 Å². The zero-order valence-corrected chi connectivity index (χ0v) is 13.4. The highest BCUT2D eigenvalue weighted by Gasteiger charge is 2.25. The minimum absolute atomic E-state index is 0.845. The maximum Gasteiger partial charge on any atom is 0.118 e. The molecule has 1 unspecified atom stereocenters. The third-order valence-electron chi connectivity index (χ3n) is 4.21. The Kier molecular flexibility index (Phi) is 4.18. The Labute approximate surface area is 137 Å². The number of rotatable bonds is 4. The van der Waals surface area contributed by atoms with E-state index in [1.165, 1.54) is 0 Å². The minimum atomic E-state index is -1.00. The molecule has 1 atom stereocenters. The molecule has 3 aromatic rings. The number of aliphatic hydroxyl groups is 1. The Morgan fingerprint density at radius 1 is 0.696 bits per heavy atom. The van der Waals surface area contributed by atoms with E-state index in [-0.39, 0.29) is 0 Å². The lowest BCUT2D eigenvalue weighted by Gasteiger charge is -2.24. The van der Waals surface area contributed by atoms with Crippen molar-refractivity contribution in [3.8, 4) is 16.9 Å². The molecule has 0 aromatic heterocycles. The molecule has 0 bridgehead atoms. The van der Waals surface area contributed by atoms with Gasteiger partial charge in [-0.05, 0) is 41.3 Å². The van der Waals surface area contributed by atoms with E-state index in [4.69, 9.17) is 4.74 Å². The van der Waals surface area contributed by atoms with Crippen LogP contribution in [0.5, 0.6) is 5.75 Å². The highest BCUT2D eigenvalue weighted by molar-refractivity contribution is 5.64. The Bertz CT molecular complexity index is 757. The SMILES string of the molecule is COc1ccc(-c2ccc(C(C)(O)c3ccccc3)cc2)cc1. The van der Waals surface area contributed by atoms with E-state index in [0.717, 1.165) is 28.0 Å². The van der Waals surface area contributed by atoms with E-state index in [2.05, 4.69) is 0 Å². The zero-order chi connectivity index (χ0) is 16.3. The van der Waals surface area contributed by atoms with Crippen molar-refractivity contribution >= 4 is 0 Å². The molecule has 2 heteroatoms. The third-order valence-corrected chi connectivity index (χ3v) is 4.21. The molecule has 0 fully saturated rings. The van der Waals surface area contributed by atoms with Crippen LogP contribution in [0.1, 0.15) is 18.1 Å². The minimum Gasteiger partial charge on any atom is -0.497 e. The van der Waals surface area contributed by atoms with Gasteiger partial charge in [0.15, 0.2) is 0 Å². The van der Waals surface area contributed by atoms with Gasteiger partial charge in [0.25, 0.3) is 0 Å². The number of methoxy groups -OCH3 is 1. The molecular weight excluding hydrogens is 284 g/mol. The molecular formula is C21H20O2. The second-order valence-corrected chi connectivity index (χ2v) is 5.74. The van der Waals surface area contributed by atoms with Crippen molar-refractivity contribution < 1.29 is 9.84 Å². The highest BCUT2D eigenvalue weighted by Crippen LogP contribution is 2.31. The molecule has 0 spiro atoms. The average Bonchev–Trinajstić information content (AvgIpc) is 2.63. The Hall–Kier alpha value is -2.58. The van der Waals surface area contributed by atoms with Gasteiger partial charge in [0.1, 0.15) is 11.4 Å². The molecule has 0 aliphatic carbocycles. The quantitative estimate of drug-likeness (QED) is 0.762. The van der Waals surface area contributed by atoms with Gasteiger partial charge in [-0.15, -0.1) is 0 Å². The van der Waals surface area contributed by atoms with Crippen LogP contribution in [0.3, 0.4) is 0 Å². The topological polar surface area (TPSA) is 29.5 Å². The molecule has 0 saturated carbocycles. The summed E-state index contributed by atoms with van der Waals surface area (Å²) in [6.45, 7) is 1.82. The van der Waals surface area contributed by atoms with Crippen LogP contribution in [-0.2, 0) is 5.60 Å². The van der Waals surface area contributed by atoms with Gasteiger partial charge in [0.05, 0.1) is 7.11 Å². The Morgan fingerprint density at radius 3 is 1.70 bits per heavy atom. The summed E-state index contributed by atoms with van der Waals surface area (Å²) in [6, 6.07) is 25.7. The van der Waals surface area contributed by atoms with Gasteiger partial charge in [-0.25, -0.2) is 0 Å². The maximum atomic E-state index is 10.9. The summed E-state index contributed by atoms with van der Waals surface area (Å²) in [7, 11) is 1.66. The third kappa shape index (κ3) is 3.13. The van der Waals surface area contributed by atoms with Gasteiger partial charge in [-0.1, -0.05) is 66.7 Å². The first-order valence-electron chi connectivity index (χ1n) is 7.64. The smallest absolute Gasteiger partial charge is 0.118 e. The fraction of sp³-hybridized carbons (Fsp3) is 0.143. The van der Waals surface area contributed by atoms with Crippen LogP contribution < -0.4 is 4.74 Å². The molecule has 0 aliphatic rings. The standard InChI is InChI=1S/C21H20O2/c1-21(22,18-6-4-3-5-7-18)19-12-8-16(9-13-19)17-10-14-20(23-2)15-11-17/h3-15,22H,1-2H3. The van der Waals surface area contributed by atoms with Crippen LogP contribution in [0.4, 0.5) is 0 Å². The van der Waals surface area contributed by atoms with Crippen LogP contribution >= 0.6 is 0 Å². The summed E-state index contributed by atoms with van der Waals surface area (Å²) >= 11 is 0. The fourth-order valence-corrected chi connectivity index (χ4v) is 2.70. The molecule has 3 aromatic carbocycles. The van der Waals surface area contributed by atoms with Crippen molar-refractivity contribution in [2.75, 3.05) is 7.11 Å². The largest absolute Gasteiger partial charge is 0.497 e. The van der Waals surface area contributed by atoms with Crippen molar-refractivity contribution in [1.82, 2.24) is 0 Å². The van der Waals surface area contributed by atoms with E-state index in [0.29, 0.717) is 0 Å². The Balaban J connectivity index is 1.89. The first-order chi connectivity index (χ1) is 11.1. The van der Waals surface area contributed by atoms with Gasteiger partial charge >= 0.3 is 0 Å². The normalized spacial score (nSPS) is 13.3. The van der Waals surface area contributed by atoms with Crippen LogP contribution in [0.15, 0.2) is 78.9 Å². The lowest BCUT2D eigenvalue weighted by atomic mass is 9.87. The number of hydrogen-bond donors (Lipinski definition) is 1. The van der Waals surface area contributed by atoms with Gasteiger partial charge < -0.3 is 9.84 Å². The Morgan fingerprint density at radius 2 is 1.17 bits per heavy atom. The summed E-state index contributed by atoms with van der Waals surface area (Å²) in [5.74, 6) is 0.845. The predicted octanol–water partition coefficient (Wildman–Crippen LogP) is 4.62. The summed E-state index contributed by atoms with van der Waals surface area (Å²) in [5, 5.41) is 10.9. The molecule has 0 aliphatic heterocycles. The number of ether oxygens (including phenoxy) is 1. The summed E-state index contributed by atoms with van der Waals surface area (Å²) < 4.78 is 5.18. The fourth-order valence-electron chi connectivity index (χ4n) is 2.70. The van der Waals surface area contributed by atoms with E-state index >= 15 is 0 Å². The molecule has 0 saturated heterocycles. The van der Waals surface area contributed by atoms with Crippen molar-refractivity contribution in [3.63, 3.8) is 0 Å². The molecule has 0 heterocycles. The van der Waals surface area contributed by atoms with Gasteiger partial charge in [-0.2, -0.15) is 0 Å². The van der Waals surface area contributed by atoms with E-state index < -0.39 is 5.60 Å². The second kappa shape index (κ2) is 6.27. The lowest BCUT2D eigenvalue weighted by molar-refractivity contribution is 0.102. The van der Waals surface area contributed by atoms with Gasteiger partial charge in [0, 0.05) is 0 Å². The van der Waals surface area contributed by atoms with E-state index in [9.17, 15) is 5.11 Å². The predicted molar refractivity (Wildman–Crippen MR) is 93.5 cm³/mol.